The van der Waals surface area contributed by atoms with E-state index in [0.29, 0.717) is 22.2 Å². The normalized spacial score (nSPS) is 13.3. The van der Waals surface area contributed by atoms with Gasteiger partial charge >= 0.3 is 12.1 Å². The first kappa shape index (κ1) is 21.8. The predicted molar refractivity (Wildman–Crippen MR) is 106 cm³/mol. The van der Waals surface area contributed by atoms with E-state index in [4.69, 9.17) is 14.2 Å². The van der Waals surface area contributed by atoms with Gasteiger partial charge in [0.05, 0.1) is 31.3 Å². The number of ether oxygens (including phenoxy) is 3. The Morgan fingerprint density at radius 1 is 1.14 bits per heavy atom. The number of carbonyl (C=O) groups is 2. The quantitative estimate of drug-likeness (QED) is 0.794. The lowest BCUT2D eigenvalue weighted by Gasteiger charge is -2.29. The maximum Gasteiger partial charge on any atom is 0.419 e. The number of rotatable bonds is 4. The number of aromatic nitrogens is 1. The minimum Gasteiger partial charge on any atom is -0.496 e. The molecule has 28 heavy (non-hydrogen) atoms. The van der Waals surface area contributed by atoms with Crippen LogP contribution in [0.2, 0.25) is 0 Å². The molecular weight excluding hydrogens is 362 g/mol. The molecule has 154 valence electrons. The molecule has 0 spiro atoms. The highest BCUT2D eigenvalue weighted by molar-refractivity contribution is 5.95. The highest BCUT2D eigenvalue weighted by atomic mass is 16.6. The SMILES string of the molecule is COC(=O)C(C)(C)C(O)c1c(OC)cc(C)c2c1ccn2C(=O)OC(C)(C)C. The monoisotopic (exact) mass is 391 g/mol. The molecule has 2 rings (SSSR count). The number of aliphatic hydroxyl groups is 1. The summed E-state index contributed by atoms with van der Waals surface area (Å²) < 4.78 is 17.2. The number of carbonyl (C=O) groups excluding carboxylic acids is 2. The summed E-state index contributed by atoms with van der Waals surface area (Å²) in [4.78, 5) is 24.9. The maximum atomic E-state index is 12.6. The first-order chi connectivity index (χ1) is 12.8. The zero-order chi connectivity index (χ0) is 21.4. The Bertz CT molecular complexity index is 904. The van der Waals surface area contributed by atoms with Crippen molar-refractivity contribution in [3.05, 3.63) is 29.5 Å². The average molecular weight is 391 g/mol. The van der Waals surface area contributed by atoms with Gasteiger partial charge in [-0.2, -0.15) is 0 Å². The van der Waals surface area contributed by atoms with Gasteiger partial charge in [0.2, 0.25) is 0 Å². The van der Waals surface area contributed by atoms with Gasteiger partial charge in [0.25, 0.3) is 0 Å². The Morgan fingerprint density at radius 3 is 2.25 bits per heavy atom. The van der Waals surface area contributed by atoms with E-state index in [0.717, 1.165) is 5.56 Å². The third-order valence-electron chi connectivity index (χ3n) is 4.64. The highest BCUT2D eigenvalue weighted by Gasteiger charge is 2.40. The zero-order valence-electron chi connectivity index (χ0n) is 17.7. The van der Waals surface area contributed by atoms with Gasteiger partial charge in [0.1, 0.15) is 11.4 Å². The molecule has 0 aliphatic heterocycles. The lowest BCUT2D eigenvalue weighted by molar-refractivity contribution is -0.157. The molecule has 0 aliphatic rings. The molecule has 1 heterocycles. The average Bonchev–Trinajstić information content (AvgIpc) is 3.04. The van der Waals surface area contributed by atoms with Crippen LogP contribution < -0.4 is 4.74 Å². The third-order valence-corrected chi connectivity index (χ3v) is 4.64. The largest absolute Gasteiger partial charge is 0.496 e. The molecule has 0 bridgehead atoms. The van der Waals surface area contributed by atoms with Gasteiger partial charge in [-0.25, -0.2) is 4.79 Å². The molecule has 0 fully saturated rings. The number of aryl methyl sites for hydroxylation is 1. The lowest BCUT2D eigenvalue weighted by atomic mass is 9.81. The minimum absolute atomic E-state index is 0.417. The summed E-state index contributed by atoms with van der Waals surface area (Å²) in [5, 5.41) is 11.7. The molecule has 1 aromatic heterocycles. The van der Waals surface area contributed by atoms with Crippen LogP contribution in [-0.2, 0) is 14.3 Å². The van der Waals surface area contributed by atoms with Crippen LogP contribution in [0.4, 0.5) is 4.79 Å². The van der Waals surface area contributed by atoms with Gasteiger partial charge < -0.3 is 19.3 Å². The van der Waals surface area contributed by atoms with E-state index in [1.165, 1.54) is 18.8 Å². The molecule has 1 unspecified atom stereocenters. The fourth-order valence-corrected chi connectivity index (χ4v) is 3.18. The van der Waals surface area contributed by atoms with Gasteiger partial charge in [0, 0.05) is 17.1 Å². The zero-order valence-corrected chi connectivity index (χ0v) is 17.7. The van der Waals surface area contributed by atoms with E-state index in [1.54, 1.807) is 52.9 Å². The molecule has 0 saturated carbocycles. The second kappa shape index (κ2) is 7.47. The number of nitrogens with zero attached hydrogens (tertiary/aromatic N) is 1. The number of methoxy groups -OCH3 is 2. The van der Waals surface area contributed by atoms with Crippen molar-refractivity contribution in [1.29, 1.82) is 0 Å². The van der Waals surface area contributed by atoms with Gasteiger partial charge in [-0.1, -0.05) is 0 Å². The molecule has 2 aromatic rings. The van der Waals surface area contributed by atoms with Crippen LogP contribution in [0.1, 0.15) is 51.8 Å². The summed E-state index contributed by atoms with van der Waals surface area (Å²) >= 11 is 0. The van der Waals surface area contributed by atoms with Crippen molar-refractivity contribution >= 4 is 23.0 Å². The predicted octanol–water partition coefficient (Wildman–Crippen LogP) is 3.97. The fraction of sp³-hybridized carbons (Fsp3) is 0.524. The third kappa shape index (κ3) is 3.85. The Labute approximate surface area is 165 Å². The Morgan fingerprint density at radius 2 is 1.75 bits per heavy atom. The number of benzene rings is 1. The molecule has 1 aromatic carbocycles. The number of hydrogen-bond acceptors (Lipinski definition) is 6. The van der Waals surface area contributed by atoms with Crippen LogP contribution >= 0.6 is 0 Å². The Balaban J connectivity index is 2.72. The molecule has 1 N–H and O–H groups in total. The molecular formula is C21H29NO6. The maximum absolute atomic E-state index is 12.6. The van der Waals surface area contributed by atoms with E-state index in [1.807, 2.05) is 6.92 Å². The summed E-state index contributed by atoms with van der Waals surface area (Å²) in [5.41, 5.74) is -0.0956. The van der Waals surface area contributed by atoms with Crippen molar-refractivity contribution in [2.75, 3.05) is 14.2 Å². The lowest BCUT2D eigenvalue weighted by Crippen LogP contribution is -2.33. The summed E-state index contributed by atoms with van der Waals surface area (Å²) in [6.07, 6.45) is -0.150. The number of hydrogen-bond donors (Lipinski definition) is 1. The number of esters is 1. The Kier molecular flexibility index (Phi) is 5.80. The van der Waals surface area contributed by atoms with E-state index in [9.17, 15) is 14.7 Å². The topological polar surface area (TPSA) is 87.0 Å². The fourth-order valence-electron chi connectivity index (χ4n) is 3.18. The summed E-state index contributed by atoms with van der Waals surface area (Å²) in [7, 11) is 2.77. The van der Waals surface area contributed by atoms with Crippen LogP contribution in [0.15, 0.2) is 18.3 Å². The van der Waals surface area contributed by atoms with Crippen molar-refractivity contribution in [2.45, 2.75) is 53.2 Å². The van der Waals surface area contributed by atoms with E-state index < -0.39 is 29.2 Å². The summed E-state index contributed by atoms with van der Waals surface area (Å²) in [6, 6.07) is 3.44. The van der Waals surface area contributed by atoms with E-state index in [-0.39, 0.29) is 0 Å². The minimum atomic E-state index is -1.22. The van der Waals surface area contributed by atoms with Gasteiger partial charge in [0.15, 0.2) is 0 Å². The molecule has 0 aliphatic carbocycles. The summed E-state index contributed by atoms with van der Waals surface area (Å²) in [5.74, 6) is -0.126. The van der Waals surface area contributed by atoms with Crippen molar-refractivity contribution in [3.63, 3.8) is 0 Å². The van der Waals surface area contributed by atoms with Crippen LogP contribution in [0.25, 0.3) is 10.9 Å². The standard InChI is InChI=1S/C21H29NO6/c1-12-11-14(26-7)15(17(23)21(5,6)18(24)27-8)13-9-10-22(16(12)13)19(25)28-20(2,3)4/h9-11,17,23H,1-8H3. The molecule has 7 heteroatoms. The van der Waals surface area contributed by atoms with Crippen molar-refractivity contribution in [3.8, 4) is 5.75 Å². The van der Waals surface area contributed by atoms with E-state index >= 15 is 0 Å². The Hall–Kier alpha value is -2.54. The van der Waals surface area contributed by atoms with Crippen molar-refractivity contribution in [1.82, 2.24) is 4.57 Å². The highest BCUT2D eigenvalue weighted by Crippen LogP contribution is 2.43. The van der Waals surface area contributed by atoms with Crippen LogP contribution in [0, 0.1) is 12.3 Å². The van der Waals surface area contributed by atoms with Crippen LogP contribution in [-0.4, -0.2) is 41.6 Å². The molecule has 1 atom stereocenters. The molecule has 0 saturated heterocycles. The smallest absolute Gasteiger partial charge is 0.419 e. The first-order valence-electron chi connectivity index (χ1n) is 9.03. The first-order valence-corrected chi connectivity index (χ1v) is 9.03. The van der Waals surface area contributed by atoms with Crippen molar-refractivity contribution in [2.24, 2.45) is 5.41 Å². The van der Waals surface area contributed by atoms with E-state index in [2.05, 4.69) is 0 Å². The molecule has 0 radical (unpaired) electrons. The molecule has 0 amide bonds. The van der Waals surface area contributed by atoms with Crippen LogP contribution in [0.5, 0.6) is 5.75 Å². The van der Waals surface area contributed by atoms with Gasteiger partial charge in [-0.15, -0.1) is 0 Å². The number of aliphatic hydroxyl groups excluding tert-OH is 1. The summed E-state index contributed by atoms with van der Waals surface area (Å²) in [6.45, 7) is 10.4. The second-order valence-electron chi connectivity index (χ2n) is 8.35. The number of fused-ring (bicyclic) bond motifs is 1. The van der Waals surface area contributed by atoms with Crippen molar-refractivity contribution < 1.29 is 28.9 Å². The van der Waals surface area contributed by atoms with Crippen LogP contribution in [0.3, 0.4) is 0 Å². The second-order valence-corrected chi connectivity index (χ2v) is 8.35. The van der Waals surface area contributed by atoms with Gasteiger partial charge in [-0.05, 0) is 59.2 Å². The molecule has 7 nitrogen and oxygen atoms in total. The van der Waals surface area contributed by atoms with Gasteiger partial charge in [-0.3, -0.25) is 9.36 Å².